The molecule has 0 spiro atoms. The van der Waals surface area contributed by atoms with E-state index in [1.54, 1.807) is 0 Å². The standard InChI is InChI=1S/C31H32O/c1-24-15-19-27(20-16-24)30(26-10-5-3-6-11-26)14-9-23-32-31(28-12-7-4-8-13-28)29-21-17-25(2)18-22-29/h3-8,10-13,15-22,30-31H,9,14,23H2,1-2H3. The van der Waals surface area contributed by atoms with E-state index in [-0.39, 0.29) is 6.10 Å². The van der Waals surface area contributed by atoms with Crippen LogP contribution in [0.15, 0.2) is 109 Å². The van der Waals surface area contributed by atoms with Crippen LogP contribution in [0.2, 0.25) is 0 Å². The van der Waals surface area contributed by atoms with Gasteiger partial charge in [-0.25, -0.2) is 0 Å². The Kier molecular flexibility index (Phi) is 7.53. The van der Waals surface area contributed by atoms with E-state index in [4.69, 9.17) is 4.74 Å². The molecule has 0 amide bonds. The summed E-state index contributed by atoms with van der Waals surface area (Å²) in [7, 11) is 0. The van der Waals surface area contributed by atoms with Gasteiger partial charge in [-0.05, 0) is 48.9 Å². The Balaban J connectivity index is 1.46. The molecule has 162 valence electrons. The molecule has 4 aromatic carbocycles. The molecule has 0 radical (unpaired) electrons. The van der Waals surface area contributed by atoms with Crippen molar-refractivity contribution in [2.75, 3.05) is 6.61 Å². The summed E-state index contributed by atoms with van der Waals surface area (Å²) >= 11 is 0. The van der Waals surface area contributed by atoms with E-state index >= 15 is 0 Å². The Morgan fingerprint density at radius 1 is 0.531 bits per heavy atom. The molecule has 2 unspecified atom stereocenters. The monoisotopic (exact) mass is 420 g/mol. The molecule has 0 aliphatic rings. The number of rotatable bonds is 9. The summed E-state index contributed by atoms with van der Waals surface area (Å²) in [6.45, 7) is 4.99. The van der Waals surface area contributed by atoms with Gasteiger partial charge in [0.1, 0.15) is 6.10 Å². The van der Waals surface area contributed by atoms with Crippen molar-refractivity contribution in [3.63, 3.8) is 0 Å². The van der Waals surface area contributed by atoms with Crippen LogP contribution in [-0.2, 0) is 4.74 Å². The molecular formula is C31H32O. The van der Waals surface area contributed by atoms with Crippen molar-refractivity contribution < 1.29 is 4.74 Å². The van der Waals surface area contributed by atoms with Crippen LogP contribution in [0.1, 0.15) is 58.2 Å². The minimum atomic E-state index is -0.0358. The number of ether oxygens (including phenoxy) is 1. The third-order valence-electron chi connectivity index (χ3n) is 6.09. The zero-order valence-corrected chi connectivity index (χ0v) is 19.1. The van der Waals surface area contributed by atoms with Gasteiger partial charge in [-0.3, -0.25) is 0 Å². The van der Waals surface area contributed by atoms with E-state index in [1.165, 1.54) is 33.4 Å². The van der Waals surface area contributed by atoms with E-state index in [9.17, 15) is 0 Å². The van der Waals surface area contributed by atoms with Gasteiger partial charge in [0.2, 0.25) is 0 Å². The van der Waals surface area contributed by atoms with E-state index in [2.05, 4.69) is 123 Å². The highest BCUT2D eigenvalue weighted by molar-refractivity contribution is 5.34. The van der Waals surface area contributed by atoms with Gasteiger partial charge >= 0.3 is 0 Å². The predicted octanol–water partition coefficient (Wildman–Crippen LogP) is 8.02. The van der Waals surface area contributed by atoms with Gasteiger partial charge in [0.25, 0.3) is 0 Å². The number of benzene rings is 4. The lowest BCUT2D eigenvalue weighted by Gasteiger charge is -2.21. The largest absolute Gasteiger partial charge is 0.369 e. The lowest BCUT2D eigenvalue weighted by Crippen LogP contribution is -2.09. The van der Waals surface area contributed by atoms with Gasteiger partial charge in [-0.2, -0.15) is 0 Å². The maximum Gasteiger partial charge on any atom is 0.108 e. The Hall–Kier alpha value is -3.16. The normalized spacial score (nSPS) is 12.9. The Morgan fingerprint density at radius 3 is 1.53 bits per heavy atom. The molecule has 1 nitrogen and oxygen atoms in total. The molecule has 0 aromatic heterocycles. The van der Waals surface area contributed by atoms with E-state index < -0.39 is 0 Å². The number of aryl methyl sites for hydroxylation is 2. The molecule has 0 saturated heterocycles. The number of hydrogen-bond donors (Lipinski definition) is 0. The van der Waals surface area contributed by atoms with Gasteiger partial charge in [0.15, 0.2) is 0 Å². The molecule has 0 aliphatic carbocycles. The first-order chi connectivity index (χ1) is 15.7. The van der Waals surface area contributed by atoms with Crippen LogP contribution >= 0.6 is 0 Å². The topological polar surface area (TPSA) is 9.23 Å². The average molecular weight is 421 g/mol. The van der Waals surface area contributed by atoms with Crippen LogP contribution < -0.4 is 0 Å². The van der Waals surface area contributed by atoms with Crippen LogP contribution in [0.3, 0.4) is 0 Å². The quantitative estimate of drug-likeness (QED) is 0.249. The van der Waals surface area contributed by atoms with Crippen molar-refractivity contribution >= 4 is 0 Å². The Bertz CT molecular complexity index is 976. The fraction of sp³-hybridized carbons (Fsp3) is 0.226. The van der Waals surface area contributed by atoms with Crippen molar-refractivity contribution in [3.8, 4) is 0 Å². The van der Waals surface area contributed by atoms with Crippen molar-refractivity contribution in [1.29, 1.82) is 0 Å². The zero-order chi connectivity index (χ0) is 22.2. The van der Waals surface area contributed by atoms with Gasteiger partial charge in [-0.15, -0.1) is 0 Å². The molecule has 0 bridgehead atoms. The van der Waals surface area contributed by atoms with Crippen molar-refractivity contribution in [1.82, 2.24) is 0 Å². The van der Waals surface area contributed by atoms with Crippen molar-refractivity contribution in [3.05, 3.63) is 143 Å². The van der Waals surface area contributed by atoms with Gasteiger partial charge < -0.3 is 4.74 Å². The first-order valence-electron chi connectivity index (χ1n) is 11.6. The van der Waals surface area contributed by atoms with Crippen molar-refractivity contribution in [2.45, 2.75) is 38.7 Å². The summed E-state index contributed by atoms with van der Waals surface area (Å²) in [5, 5.41) is 0. The zero-order valence-electron chi connectivity index (χ0n) is 19.1. The van der Waals surface area contributed by atoms with Crippen LogP contribution in [-0.4, -0.2) is 6.61 Å². The summed E-state index contributed by atoms with van der Waals surface area (Å²) in [5.41, 5.74) is 7.72. The Labute approximate surface area is 192 Å². The lowest BCUT2D eigenvalue weighted by molar-refractivity contribution is 0.0766. The molecule has 0 N–H and O–H groups in total. The smallest absolute Gasteiger partial charge is 0.108 e. The predicted molar refractivity (Wildman–Crippen MR) is 134 cm³/mol. The molecule has 1 heteroatoms. The summed E-state index contributed by atoms with van der Waals surface area (Å²) < 4.78 is 6.50. The SMILES string of the molecule is Cc1ccc(C(CCCOC(c2ccccc2)c2ccc(C)cc2)c2ccccc2)cc1. The second-order valence-electron chi connectivity index (χ2n) is 8.59. The molecule has 4 aromatic rings. The third kappa shape index (κ3) is 5.75. The summed E-state index contributed by atoms with van der Waals surface area (Å²) in [6, 6.07) is 39.0. The van der Waals surface area contributed by atoms with E-state index in [0.29, 0.717) is 5.92 Å². The molecule has 0 fully saturated rings. The average Bonchev–Trinajstić information content (AvgIpc) is 2.84. The van der Waals surface area contributed by atoms with Crippen LogP contribution in [0.5, 0.6) is 0 Å². The molecule has 0 aliphatic heterocycles. The second-order valence-corrected chi connectivity index (χ2v) is 8.59. The second kappa shape index (κ2) is 10.9. The number of hydrogen-bond acceptors (Lipinski definition) is 1. The summed E-state index contributed by atoms with van der Waals surface area (Å²) in [5.74, 6) is 0.384. The van der Waals surface area contributed by atoms with Crippen LogP contribution in [0.25, 0.3) is 0 Å². The molecule has 4 rings (SSSR count). The van der Waals surface area contributed by atoms with Crippen LogP contribution in [0, 0.1) is 13.8 Å². The van der Waals surface area contributed by atoms with Gasteiger partial charge in [0, 0.05) is 12.5 Å². The highest BCUT2D eigenvalue weighted by Gasteiger charge is 2.17. The minimum absolute atomic E-state index is 0.0358. The van der Waals surface area contributed by atoms with Crippen molar-refractivity contribution in [2.24, 2.45) is 0 Å². The molecule has 2 atom stereocenters. The maximum absolute atomic E-state index is 6.50. The first kappa shape index (κ1) is 22.0. The molecule has 32 heavy (non-hydrogen) atoms. The fourth-order valence-electron chi connectivity index (χ4n) is 4.25. The van der Waals surface area contributed by atoms with E-state index in [1.807, 2.05) is 0 Å². The van der Waals surface area contributed by atoms with E-state index in [0.717, 1.165) is 19.4 Å². The van der Waals surface area contributed by atoms with Gasteiger partial charge in [-0.1, -0.05) is 120 Å². The molecular weight excluding hydrogens is 388 g/mol. The summed E-state index contributed by atoms with van der Waals surface area (Å²) in [6.07, 6.45) is 2.02. The maximum atomic E-state index is 6.50. The Morgan fingerprint density at radius 2 is 0.969 bits per heavy atom. The summed E-state index contributed by atoms with van der Waals surface area (Å²) in [4.78, 5) is 0. The highest BCUT2D eigenvalue weighted by atomic mass is 16.5. The molecule has 0 saturated carbocycles. The fourth-order valence-corrected chi connectivity index (χ4v) is 4.25. The third-order valence-corrected chi connectivity index (χ3v) is 6.09. The first-order valence-corrected chi connectivity index (χ1v) is 11.6. The lowest BCUT2D eigenvalue weighted by atomic mass is 9.87. The molecule has 0 heterocycles. The highest BCUT2D eigenvalue weighted by Crippen LogP contribution is 2.31. The van der Waals surface area contributed by atoms with Crippen LogP contribution in [0.4, 0.5) is 0 Å². The van der Waals surface area contributed by atoms with Gasteiger partial charge in [0.05, 0.1) is 0 Å². The minimum Gasteiger partial charge on any atom is -0.369 e.